The summed E-state index contributed by atoms with van der Waals surface area (Å²) < 4.78 is 10.6. The fourth-order valence-electron chi connectivity index (χ4n) is 3.39. The first-order valence-electron chi connectivity index (χ1n) is 9.70. The molecule has 158 valence electrons. The molecule has 0 fully saturated rings. The third-order valence-electron chi connectivity index (χ3n) is 4.97. The number of aliphatic hydroxyl groups excluding tert-OH is 1. The molecular weight excluding hydrogens is 384 g/mol. The van der Waals surface area contributed by atoms with Crippen molar-refractivity contribution in [2.45, 2.75) is 18.9 Å². The highest BCUT2D eigenvalue weighted by Crippen LogP contribution is 2.32. The average molecular weight is 410 g/mol. The number of rotatable bonds is 8. The molecule has 3 rings (SSSR count). The zero-order valence-corrected chi connectivity index (χ0v) is 17.1. The van der Waals surface area contributed by atoms with Crippen LogP contribution in [-0.4, -0.2) is 55.2 Å². The molecule has 0 aliphatic carbocycles. The van der Waals surface area contributed by atoms with Crippen molar-refractivity contribution in [2.75, 3.05) is 27.4 Å². The number of hydrogen-bond donors (Lipinski definition) is 2. The molecule has 0 unspecified atom stereocenters. The maximum atomic E-state index is 12.7. The van der Waals surface area contributed by atoms with Gasteiger partial charge >= 0.3 is 0 Å². The summed E-state index contributed by atoms with van der Waals surface area (Å²) in [5, 5.41) is 12.4. The largest absolute Gasteiger partial charge is 0.493 e. The van der Waals surface area contributed by atoms with E-state index in [4.69, 9.17) is 9.47 Å². The molecule has 7 heteroatoms. The van der Waals surface area contributed by atoms with Gasteiger partial charge in [-0.3, -0.25) is 9.59 Å². The fourth-order valence-corrected chi connectivity index (χ4v) is 3.39. The molecule has 0 bridgehead atoms. The van der Waals surface area contributed by atoms with Crippen LogP contribution in [0.3, 0.4) is 0 Å². The number of nitrogens with one attached hydrogen (secondary N) is 1. The van der Waals surface area contributed by atoms with Crippen LogP contribution in [0.1, 0.15) is 16.7 Å². The smallest absolute Gasteiger partial charge is 0.240 e. The van der Waals surface area contributed by atoms with Crippen molar-refractivity contribution in [2.24, 2.45) is 0 Å². The molecule has 1 atom stereocenters. The predicted molar refractivity (Wildman–Crippen MR) is 113 cm³/mol. The average Bonchev–Trinajstić information content (AvgIpc) is 2.91. The zero-order valence-electron chi connectivity index (χ0n) is 17.1. The Morgan fingerprint density at radius 1 is 1.17 bits per heavy atom. The molecule has 0 saturated carbocycles. The molecule has 2 N–H and O–H groups in total. The Balaban J connectivity index is 1.66. The minimum Gasteiger partial charge on any atom is -0.493 e. The lowest BCUT2D eigenvalue weighted by atomic mass is 10.0. The van der Waals surface area contributed by atoms with Gasteiger partial charge in [0.1, 0.15) is 6.54 Å². The first-order chi connectivity index (χ1) is 14.5. The fraction of sp³-hybridized carbons (Fsp3) is 0.304. The van der Waals surface area contributed by atoms with Gasteiger partial charge in [-0.2, -0.15) is 0 Å². The van der Waals surface area contributed by atoms with Crippen LogP contribution in [0, 0.1) is 0 Å². The molecule has 0 saturated heterocycles. The third-order valence-corrected chi connectivity index (χ3v) is 4.97. The topological polar surface area (TPSA) is 88.1 Å². The zero-order chi connectivity index (χ0) is 21.5. The van der Waals surface area contributed by atoms with Crippen LogP contribution in [0.5, 0.6) is 11.5 Å². The summed E-state index contributed by atoms with van der Waals surface area (Å²) in [5.41, 5.74) is 2.65. The van der Waals surface area contributed by atoms with Crippen molar-refractivity contribution in [1.82, 2.24) is 10.2 Å². The number of methoxy groups -OCH3 is 2. The van der Waals surface area contributed by atoms with Crippen LogP contribution in [0.4, 0.5) is 0 Å². The summed E-state index contributed by atoms with van der Waals surface area (Å²) in [7, 11) is 3.10. The van der Waals surface area contributed by atoms with Crippen molar-refractivity contribution in [3.05, 3.63) is 65.4 Å². The SMILES string of the molecule is COc1cc2c(cc1OC)CC(=O)N(CC(=O)N[C@@H](CO)Cc1ccccc1)C=C2. The van der Waals surface area contributed by atoms with Crippen LogP contribution in [0.2, 0.25) is 0 Å². The van der Waals surface area contributed by atoms with E-state index in [1.54, 1.807) is 32.6 Å². The highest BCUT2D eigenvalue weighted by Gasteiger charge is 2.22. The van der Waals surface area contributed by atoms with Crippen molar-refractivity contribution in [3.63, 3.8) is 0 Å². The quantitative estimate of drug-likeness (QED) is 0.693. The maximum Gasteiger partial charge on any atom is 0.240 e. The second-order valence-electron chi connectivity index (χ2n) is 7.06. The van der Waals surface area contributed by atoms with Crippen molar-refractivity contribution < 1.29 is 24.2 Å². The van der Waals surface area contributed by atoms with Gasteiger partial charge < -0.3 is 24.8 Å². The summed E-state index contributed by atoms with van der Waals surface area (Å²) in [6, 6.07) is 12.8. The van der Waals surface area contributed by atoms with Gasteiger partial charge in [0, 0.05) is 6.20 Å². The minimum atomic E-state index is -0.420. The standard InChI is InChI=1S/C23H26N2O5/c1-29-20-11-17-8-9-25(23(28)13-18(17)12-21(20)30-2)14-22(27)24-19(15-26)10-16-6-4-3-5-7-16/h3-9,11-12,19,26H,10,13-15H2,1-2H3,(H,24,27)/t19-/m1/s1. The van der Waals surface area contributed by atoms with E-state index in [9.17, 15) is 14.7 Å². The Hall–Kier alpha value is -3.32. The van der Waals surface area contributed by atoms with Crippen LogP contribution >= 0.6 is 0 Å². The van der Waals surface area contributed by atoms with Gasteiger partial charge in [0.15, 0.2) is 11.5 Å². The van der Waals surface area contributed by atoms with E-state index in [1.165, 1.54) is 4.90 Å². The molecule has 0 radical (unpaired) electrons. The number of aliphatic hydroxyl groups is 1. The normalized spacial score (nSPS) is 14.0. The summed E-state index contributed by atoms with van der Waals surface area (Å²) >= 11 is 0. The summed E-state index contributed by atoms with van der Waals surface area (Å²) in [6.45, 7) is -0.307. The maximum absolute atomic E-state index is 12.7. The first-order valence-corrected chi connectivity index (χ1v) is 9.70. The van der Waals surface area contributed by atoms with Crippen molar-refractivity contribution >= 4 is 17.9 Å². The van der Waals surface area contributed by atoms with E-state index in [0.29, 0.717) is 17.9 Å². The Bertz CT molecular complexity index is 927. The molecule has 7 nitrogen and oxygen atoms in total. The highest BCUT2D eigenvalue weighted by molar-refractivity contribution is 5.89. The number of hydrogen-bond acceptors (Lipinski definition) is 5. The number of carbonyl (C=O) groups is 2. The number of amides is 2. The van der Waals surface area contributed by atoms with Gasteiger partial charge in [0.25, 0.3) is 0 Å². The summed E-state index contributed by atoms with van der Waals surface area (Å²) in [6.07, 6.45) is 4.04. The summed E-state index contributed by atoms with van der Waals surface area (Å²) in [5.74, 6) is 0.599. The van der Waals surface area contributed by atoms with E-state index in [2.05, 4.69) is 5.32 Å². The monoisotopic (exact) mass is 410 g/mol. The van der Waals surface area contributed by atoms with Gasteiger partial charge in [-0.25, -0.2) is 0 Å². The molecule has 1 heterocycles. The lowest BCUT2D eigenvalue weighted by Crippen LogP contribution is -2.44. The van der Waals surface area contributed by atoms with Gasteiger partial charge in [0.2, 0.25) is 11.8 Å². The lowest BCUT2D eigenvalue weighted by molar-refractivity contribution is -0.133. The molecule has 2 amide bonds. The van der Waals surface area contributed by atoms with E-state index in [1.807, 2.05) is 36.4 Å². The highest BCUT2D eigenvalue weighted by atomic mass is 16.5. The van der Waals surface area contributed by atoms with Gasteiger partial charge in [-0.05, 0) is 41.3 Å². The van der Waals surface area contributed by atoms with E-state index >= 15 is 0 Å². The van der Waals surface area contributed by atoms with Crippen LogP contribution in [-0.2, 0) is 22.4 Å². The number of fused-ring (bicyclic) bond motifs is 1. The van der Waals surface area contributed by atoms with E-state index in [0.717, 1.165) is 16.7 Å². The molecule has 2 aromatic rings. The van der Waals surface area contributed by atoms with Crippen molar-refractivity contribution in [1.29, 1.82) is 0 Å². The Morgan fingerprint density at radius 2 is 1.87 bits per heavy atom. The van der Waals surface area contributed by atoms with Crippen molar-refractivity contribution in [3.8, 4) is 11.5 Å². The molecule has 2 aromatic carbocycles. The predicted octanol–water partition coefficient (Wildman–Crippen LogP) is 1.78. The van der Waals surface area contributed by atoms with Crippen LogP contribution in [0.15, 0.2) is 48.7 Å². The lowest BCUT2D eigenvalue weighted by Gasteiger charge is -2.20. The second kappa shape index (κ2) is 9.93. The van der Waals surface area contributed by atoms with E-state index < -0.39 is 6.04 Å². The number of carbonyl (C=O) groups excluding carboxylic acids is 2. The van der Waals surface area contributed by atoms with Gasteiger partial charge in [-0.15, -0.1) is 0 Å². The molecule has 1 aliphatic rings. The van der Waals surface area contributed by atoms with Gasteiger partial charge in [-0.1, -0.05) is 30.3 Å². The third kappa shape index (κ3) is 5.18. The Morgan fingerprint density at radius 3 is 2.53 bits per heavy atom. The molecule has 30 heavy (non-hydrogen) atoms. The molecule has 1 aliphatic heterocycles. The summed E-state index contributed by atoms with van der Waals surface area (Å²) in [4.78, 5) is 26.6. The van der Waals surface area contributed by atoms with Crippen LogP contribution in [0.25, 0.3) is 6.08 Å². The van der Waals surface area contributed by atoms with E-state index in [-0.39, 0.29) is 31.4 Å². The first kappa shape index (κ1) is 21.4. The van der Waals surface area contributed by atoms with Gasteiger partial charge in [0.05, 0.1) is 33.3 Å². The Kier molecular flexibility index (Phi) is 7.08. The second-order valence-corrected chi connectivity index (χ2v) is 7.06. The molecule has 0 spiro atoms. The van der Waals surface area contributed by atoms with Crippen LogP contribution < -0.4 is 14.8 Å². The molecular formula is C23H26N2O5. The molecule has 0 aromatic heterocycles. The number of benzene rings is 2. The number of nitrogens with zero attached hydrogens (tertiary/aromatic N) is 1. The Labute approximate surface area is 175 Å². The minimum absolute atomic E-state index is 0.122. The number of ether oxygens (including phenoxy) is 2.